The van der Waals surface area contributed by atoms with Crippen LogP contribution in [-0.2, 0) is 16.1 Å². The lowest BCUT2D eigenvalue weighted by molar-refractivity contribution is -0.141. The molecule has 0 saturated carbocycles. The molecule has 128 valence electrons. The highest BCUT2D eigenvalue weighted by molar-refractivity contribution is 5.84. The van der Waals surface area contributed by atoms with Crippen LogP contribution in [-0.4, -0.2) is 46.8 Å². The molecule has 9 nitrogen and oxygen atoms in total. The zero-order chi connectivity index (χ0) is 17.9. The Kier molecular flexibility index (Phi) is 5.02. The molecule has 1 atom stereocenters. The number of aromatic nitrogens is 2. The summed E-state index contributed by atoms with van der Waals surface area (Å²) in [5.74, 6) is -0.967. The van der Waals surface area contributed by atoms with E-state index < -0.39 is 23.5 Å². The minimum absolute atomic E-state index is 0.259. The molecule has 1 amide bonds. The van der Waals surface area contributed by atoms with Crippen molar-refractivity contribution in [2.45, 2.75) is 19.5 Å². The van der Waals surface area contributed by atoms with Gasteiger partial charge in [0.2, 0.25) is 5.91 Å². The van der Waals surface area contributed by atoms with Crippen LogP contribution in [0.3, 0.4) is 0 Å². The van der Waals surface area contributed by atoms with Gasteiger partial charge < -0.3 is 19.9 Å². The first kappa shape index (κ1) is 17.3. The first-order valence-corrected chi connectivity index (χ1v) is 7.00. The third kappa shape index (κ3) is 3.45. The second kappa shape index (κ2) is 6.99. The first-order chi connectivity index (χ1) is 11.4. The van der Waals surface area contributed by atoms with Crippen LogP contribution >= 0.6 is 0 Å². The van der Waals surface area contributed by atoms with Gasteiger partial charge in [-0.2, -0.15) is 0 Å². The molecule has 1 aromatic carbocycles. The molecule has 1 aromatic heterocycles. The number of rotatable bonds is 6. The monoisotopic (exact) mass is 335 g/mol. The van der Waals surface area contributed by atoms with Gasteiger partial charge in [0.05, 0.1) is 31.4 Å². The number of aliphatic carboxylic acids is 1. The molecule has 2 aromatic rings. The lowest BCUT2D eigenvalue weighted by atomic mass is 10.2. The van der Waals surface area contributed by atoms with Crippen molar-refractivity contribution >= 4 is 22.8 Å². The van der Waals surface area contributed by atoms with Gasteiger partial charge in [0.25, 0.3) is 5.56 Å². The van der Waals surface area contributed by atoms with Gasteiger partial charge in [0, 0.05) is 6.07 Å². The van der Waals surface area contributed by atoms with Crippen LogP contribution in [0.2, 0.25) is 0 Å². The number of ether oxygens (including phenoxy) is 2. The molecule has 0 aliphatic rings. The fourth-order valence-electron chi connectivity index (χ4n) is 2.10. The molecule has 0 spiro atoms. The minimum atomic E-state index is -1.16. The van der Waals surface area contributed by atoms with E-state index in [0.29, 0.717) is 17.0 Å². The summed E-state index contributed by atoms with van der Waals surface area (Å²) in [5, 5.41) is 11.3. The third-order valence-electron chi connectivity index (χ3n) is 3.39. The number of nitrogens with one attached hydrogen (secondary N) is 1. The predicted molar refractivity (Wildman–Crippen MR) is 84.3 cm³/mol. The number of carbonyl (C=O) groups excluding carboxylic acids is 1. The van der Waals surface area contributed by atoms with Crippen LogP contribution in [0.1, 0.15) is 6.92 Å². The summed E-state index contributed by atoms with van der Waals surface area (Å²) < 4.78 is 11.4. The SMILES string of the molecule is COc1cc2ncn(CC(=O)NC(C)C(=O)O)c(=O)c2cc1OC. The zero-order valence-electron chi connectivity index (χ0n) is 13.4. The van der Waals surface area contributed by atoms with Gasteiger partial charge in [0.15, 0.2) is 11.5 Å². The highest BCUT2D eigenvalue weighted by Crippen LogP contribution is 2.29. The number of benzene rings is 1. The maximum absolute atomic E-state index is 12.5. The van der Waals surface area contributed by atoms with Crippen molar-refractivity contribution in [2.24, 2.45) is 0 Å². The van der Waals surface area contributed by atoms with E-state index in [0.717, 1.165) is 4.57 Å². The molecule has 0 fully saturated rings. The van der Waals surface area contributed by atoms with Crippen LogP contribution < -0.4 is 20.3 Å². The van der Waals surface area contributed by atoms with E-state index in [1.807, 2.05) is 0 Å². The Morgan fingerprint density at radius 2 is 1.92 bits per heavy atom. The van der Waals surface area contributed by atoms with E-state index in [1.165, 1.54) is 33.5 Å². The van der Waals surface area contributed by atoms with Crippen molar-refractivity contribution in [3.63, 3.8) is 0 Å². The molecule has 1 unspecified atom stereocenters. The Bertz CT molecular complexity index is 845. The van der Waals surface area contributed by atoms with Crippen molar-refractivity contribution in [1.82, 2.24) is 14.9 Å². The molecular weight excluding hydrogens is 318 g/mol. The van der Waals surface area contributed by atoms with Crippen molar-refractivity contribution in [1.29, 1.82) is 0 Å². The van der Waals surface area contributed by atoms with Gasteiger partial charge in [-0.25, -0.2) is 4.98 Å². The fraction of sp³-hybridized carbons (Fsp3) is 0.333. The average Bonchev–Trinajstić information content (AvgIpc) is 2.56. The quantitative estimate of drug-likeness (QED) is 0.762. The summed E-state index contributed by atoms with van der Waals surface area (Å²) in [5.41, 5.74) is -0.0488. The van der Waals surface area contributed by atoms with Crippen LogP contribution in [0.4, 0.5) is 0 Å². The topological polar surface area (TPSA) is 120 Å². The highest BCUT2D eigenvalue weighted by Gasteiger charge is 2.16. The lowest BCUT2D eigenvalue weighted by Gasteiger charge is -2.12. The van der Waals surface area contributed by atoms with E-state index in [2.05, 4.69) is 10.3 Å². The number of carbonyl (C=O) groups is 2. The number of carboxylic acid groups (broad SMARTS) is 1. The van der Waals surface area contributed by atoms with E-state index in [-0.39, 0.29) is 11.9 Å². The number of carboxylic acids is 1. The highest BCUT2D eigenvalue weighted by atomic mass is 16.5. The fourth-order valence-corrected chi connectivity index (χ4v) is 2.10. The molecule has 9 heteroatoms. The summed E-state index contributed by atoms with van der Waals surface area (Å²) in [7, 11) is 2.91. The summed E-state index contributed by atoms with van der Waals surface area (Å²) in [6.07, 6.45) is 1.22. The first-order valence-electron chi connectivity index (χ1n) is 7.00. The average molecular weight is 335 g/mol. The van der Waals surface area contributed by atoms with E-state index >= 15 is 0 Å². The van der Waals surface area contributed by atoms with Crippen LogP contribution in [0.25, 0.3) is 10.9 Å². The molecule has 0 saturated heterocycles. The van der Waals surface area contributed by atoms with Crippen molar-refractivity contribution in [3.8, 4) is 11.5 Å². The van der Waals surface area contributed by atoms with Crippen molar-refractivity contribution in [2.75, 3.05) is 14.2 Å². The van der Waals surface area contributed by atoms with Gasteiger partial charge in [-0.05, 0) is 13.0 Å². The largest absolute Gasteiger partial charge is 0.493 e. The Morgan fingerprint density at radius 3 is 2.50 bits per heavy atom. The second-order valence-electron chi connectivity index (χ2n) is 5.03. The third-order valence-corrected chi connectivity index (χ3v) is 3.39. The van der Waals surface area contributed by atoms with E-state index in [9.17, 15) is 14.4 Å². The standard InChI is InChI=1S/C15H17N3O6/c1-8(15(21)22)17-13(19)6-18-7-16-10-5-12(24-3)11(23-2)4-9(10)14(18)20/h4-5,7-8H,6H2,1-3H3,(H,17,19)(H,21,22). The second-order valence-corrected chi connectivity index (χ2v) is 5.03. The van der Waals surface area contributed by atoms with Crippen molar-refractivity contribution in [3.05, 3.63) is 28.8 Å². The molecule has 24 heavy (non-hydrogen) atoms. The summed E-state index contributed by atoms with van der Waals surface area (Å²) in [6.45, 7) is 0.993. The zero-order valence-corrected chi connectivity index (χ0v) is 13.4. The predicted octanol–water partition coefficient (Wildman–Crippen LogP) is 0.00300. The molecule has 2 rings (SSSR count). The maximum atomic E-state index is 12.5. The van der Waals surface area contributed by atoms with Gasteiger partial charge in [-0.15, -0.1) is 0 Å². The molecule has 0 bridgehead atoms. The number of hydrogen-bond donors (Lipinski definition) is 2. The van der Waals surface area contributed by atoms with E-state index in [1.54, 1.807) is 6.07 Å². The number of hydrogen-bond acceptors (Lipinski definition) is 6. The van der Waals surface area contributed by atoms with E-state index in [4.69, 9.17) is 14.6 Å². The molecule has 1 heterocycles. The Labute approximate surface area is 136 Å². The molecular formula is C15H17N3O6. The van der Waals surface area contributed by atoms with Gasteiger partial charge in [-0.3, -0.25) is 19.0 Å². The number of nitrogens with zero attached hydrogens (tertiary/aromatic N) is 2. The van der Waals surface area contributed by atoms with Crippen LogP contribution in [0.15, 0.2) is 23.3 Å². The molecule has 0 aliphatic carbocycles. The van der Waals surface area contributed by atoms with Gasteiger partial charge in [-0.1, -0.05) is 0 Å². The van der Waals surface area contributed by atoms with Crippen LogP contribution in [0.5, 0.6) is 11.5 Å². The Balaban J connectivity index is 2.36. The molecule has 0 aliphatic heterocycles. The number of methoxy groups -OCH3 is 2. The van der Waals surface area contributed by atoms with Gasteiger partial charge in [0.1, 0.15) is 12.6 Å². The summed E-state index contributed by atoms with van der Waals surface area (Å²) in [4.78, 5) is 39.2. The maximum Gasteiger partial charge on any atom is 0.325 e. The Morgan fingerprint density at radius 1 is 1.29 bits per heavy atom. The Hall–Kier alpha value is -3.10. The molecule has 0 radical (unpaired) electrons. The summed E-state index contributed by atoms with van der Waals surface area (Å²) in [6, 6.07) is 2.00. The minimum Gasteiger partial charge on any atom is -0.493 e. The normalized spacial score (nSPS) is 11.8. The number of fused-ring (bicyclic) bond motifs is 1. The van der Waals surface area contributed by atoms with Crippen LogP contribution in [0, 0.1) is 0 Å². The lowest BCUT2D eigenvalue weighted by Crippen LogP contribution is -2.41. The smallest absolute Gasteiger partial charge is 0.325 e. The van der Waals surface area contributed by atoms with Crippen molar-refractivity contribution < 1.29 is 24.2 Å². The molecule has 2 N–H and O–H groups in total. The number of amides is 1. The summed E-state index contributed by atoms with van der Waals surface area (Å²) >= 11 is 0. The van der Waals surface area contributed by atoms with Gasteiger partial charge >= 0.3 is 5.97 Å².